The third-order valence-electron chi connectivity index (χ3n) is 4.26. The van der Waals surface area contributed by atoms with Crippen molar-refractivity contribution < 1.29 is 27.2 Å². The van der Waals surface area contributed by atoms with Gasteiger partial charge in [-0.2, -0.15) is 0 Å². The first kappa shape index (κ1) is 23.0. The largest absolute Gasteiger partial charge is 0.350 e. The second-order valence-corrected chi connectivity index (χ2v) is 9.94. The summed E-state index contributed by atoms with van der Waals surface area (Å²) >= 11 is 6.62. The molecule has 1 fully saturated rings. The molecule has 1 heterocycles. The Morgan fingerprint density at radius 3 is 2.52 bits per heavy atom. The Hall–Kier alpha value is -2.69. The fraction of sp³-hybridized carbons (Fsp3) is 0.150. The molecular weight excluding hydrogens is 467 g/mol. The van der Waals surface area contributed by atoms with Gasteiger partial charge in [0.25, 0.3) is 17.1 Å². The van der Waals surface area contributed by atoms with Gasteiger partial charge in [-0.3, -0.25) is 19.3 Å². The van der Waals surface area contributed by atoms with E-state index in [9.17, 15) is 27.2 Å². The number of hydrogen-bond acceptors (Lipinski definition) is 6. The Morgan fingerprint density at radius 2 is 1.87 bits per heavy atom. The van der Waals surface area contributed by atoms with Gasteiger partial charge in [0.2, 0.25) is 0 Å². The van der Waals surface area contributed by atoms with Crippen LogP contribution in [-0.2, 0) is 14.6 Å². The molecule has 2 aromatic carbocycles. The van der Waals surface area contributed by atoms with Crippen molar-refractivity contribution in [1.29, 1.82) is 0 Å². The van der Waals surface area contributed by atoms with E-state index in [1.807, 2.05) is 0 Å². The molecule has 0 spiro atoms. The normalized spacial score (nSPS) is 15.6. The highest BCUT2D eigenvalue weighted by Gasteiger charge is 2.34. The highest BCUT2D eigenvalue weighted by molar-refractivity contribution is 8.18. The number of thioether (sulfide) groups is 1. The van der Waals surface area contributed by atoms with Gasteiger partial charge in [0, 0.05) is 24.9 Å². The summed E-state index contributed by atoms with van der Waals surface area (Å²) in [5.74, 6) is -1.50. The summed E-state index contributed by atoms with van der Waals surface area (Å²) < 4.78 is 36.5. The zero-order chi connectivity index (χ0) is 22.8. The van der Waals surface area contributed by atoms with Crippen LogP contribution in [0.25, 0.3) is 6.08 Å². The quantitative estimate of drug-likeness (QED) is 0.634. The van der Waals surface area contributed by atoms with Crippen molar-refractivity contribution in [2.45, 2.75) is 4.90 Å². The van der Waals surface area contributed by atoms with E-state index >= 15 is 0 Å². The van der Waals surface area contributed by atoms with Crippen LogP contribution in [0.3, 0.4) is 0 Å². The number of sulfone groups is 1. The highest BCUT2D eigenvalue weighted by Crippen LogP contribution is 2.32. The standard InChI is InChI=1S/C20H16ClFN2O5S2/c1-31(28,29)17-11-13(4-7-15(17)21)18(25)23-8-9-24-19(26)16(30-20(24)27)10-12-2-5-14(22)6-3-12/h2-7,10-11H,8-9H2,1H3,(H,23,25)/b16-10-. The van der Waals surface area contributed by atoms with Gasteiger partial charge in [0.1, 0.15) is 5.82 Å². The van der Waals surface area contributed by atoms with E-state index in [-0.39, 0.29) is 33.5 Å². The summed E-state index contributed by atoms with van der Waals surface area (Å²) in [6.07, 6.45) is 2.47. The van der Waals surface area contributed by atoms with Crippen molar-refractivity contribution in [2.24, 2.45) is 0 Å². The van der Waals surface area contributed by atoms with Gasteiger partial charge < -0.3 is 5.32 Å². The number of carbonyl (C=O) groups is 3. The number of nitrogens with zero attached hydrogens (tertiary/aromatic N) is 1. The van der Waals surface area contributed by atoms with Crippen molar-refractivity contribution in [1.82, 2.24) is 10.2 Å². The molecule has 0 aromatic heterocycles. The average Bonchev–Trinajstić information content (AvgIpc) is 2.96. The predicted molar refractivity (Wildman–Crippen MR) is 116 cm³/mol. The van der Waals surface area contributed by atoms with Gasteiger partial charge >= 0.3 is 0 Å². The Balaban J connectivity index is 1.63. The van der Waals surface area contributed by atoms with Crippen molar-refractivity contribution in [3.63, 3.8) is 0 Å². The van der Waals surface area contributed by atoms with Crippen molar-refractivity contribution in [2.75, 3.05) is 19.3 Å². The van der Waals surface area contributed by atoms with Crippen molar-refractivity contribution in [3.8, 4) is 0 Å². The number of nitrogens with one attached hydrogen (secondary N) is 1. The summed E-state index contributed by atoms with van der Waals surface area (Å²) in [6.45, 7) is -0.0960. The molecule has 11 heteroatoms. The van der Waals surface area contributed by atoms with Gasteiger partial charge in [0.15, 0.2) is 9.84 Å². The molecule has 0 radical (unpaired) electrons. The molecule has 7 nitrogen and oxygen atoms in total. The van der Waals surface area contributed by atoms with E-state index in [2.05, 4.69) is 5.32 Å². The molecule has 1 aliphatic heterocycles. The van der Waals surface area contributed by atoms with E-state index in [0.717, 1.165) is 22.9 Å². The molecule has 1 N–H and O–H groups in total. The van der Waals surface area contributed by atoms with Crippen LogP contribution in [0.1, 0.15) is 15.9 Å². The number of benzene rings is 2. The molecule has 0 aliphatic carbocycles. The SMILES string of the molecule is CS(=O)(=O)c1cc(C(=O)NCCN2C(=O)S/C(=C\c3ccc(F)cc3)C2=O)ccc1Cl. The lowest BCUT2D eigenvalue weighted by Crippen LogP contribution is -2.37. The summed E-state index contributed by atoms with van der Waals surface area (Å²) in [7, 11) is -3.61. The molecule has 3 rings (SSSR count). The summed E-state index contributed by atoms with van der Waals surface area (Å²) in [6, 6.07) is 9.32. The zero-order valence-corrected chi connectivity index (χ0v) is 18.5. The van der Waals surface area contributed by atoms with Gasteiger partial charge in [-0.15, -0.1) is 0 Å². The van der Waals surface area contributed by atoms with Crippen LogP contribution in [0.15, 0.2) is 52.3 Å². The molecule has 1 aliphatic rings. The van der Waals surface area contributed by atoms with Gasteiger partial charge in [-0.1, -0.05) is 23.7 Å². The molecule has 1 saturated heterocycles. The van der Waals surface area contributed by atoms with Crippen LogP contribution in [0.2, 0.25) is 5.02 Å². The summed E-state index contributed by atoms with van der Waals surface area (Å²) in [5.41, 5.74) is 0.653. The van der Waals surface area contributed by atoms with E-state index in [1.165, 1.54) is 48.5 Å². The van der Waals surface area contributed by atoms with Crippen molar-refractivity contribution >= 4 is 56.3 Å². The first-order chi connectivity index (χ1) is 14.6. The lowest BCUT2D eigenvalue weighted by Gasteiger charge is -2.13. The lowest BCUT2D eigenvalue weighted by atomic mass is 10.2. The molecule has 0 bridgehead atoms. The first-order valence-electron chi connectivity index (χ1n) is 8.85. The Bertz CT molecular complexity index is 1200. The Morgan fingerprint density at radius 1 is 1.19 bits per heavy atom. The minimum absolute atomic E-state index is 0.00445. The minimum atomic E-state index is -3.61. The third kappa shape index (κ3) is 5.52. The molecule has 0 unspecified atom stereocenters. The number of rotatable bonds is 6. The van der Waals surface area contributed by atoms with Gasteiger partial charge in [0.05, 0.1) is 14.8 Å². The summed E-state index contributed by atoms with van der Waals surface area (Å²) in [4.78, 5) is 38.0. The maximum Gasteiger partial charge on any atom is 0.293 e. The lowest BCUT2D eigenvalue weighted by molar-refractivity contribution is -0.122. The molecule has 3 amide bonds. The van der Waals surface area contributed by atoms with E-state index in [0.29, 0.717) is 5.56 Å². The van der Waals surface area contributed by atoms with Crippen LogP contribution in [0.5, 0.6) is 0 Å². The Labute approximate surface area is 187 Å². The van der Waals surface area contributed by atoms with Gasteiger partial charge in [-0.05, 0) is 53.7 Å². The first-order valence-corrected chi connectivity index (χ1v) is 11.9. The maximum atomic E-state index is 13.0. The monoisotopic (exact) mass is 482 g/mol. The van der Waals surface area contributed by atoms with Crippen LogP contribution in [-0.4, -0.2) is 49.7 Å². The number of hydrogen-bond donors (Lipinski definition) is 1. The molecule has 31 heavy (non-hydrogen) atoms. The fourth-order valence-electron chi connectivity index (χ4n) is 2.72. The van der Waals surface area contributed by atoms with E-state index in [4.69, 9.17) is 11.6 Å². The van der Waals surface area contributed by atoms with Crippen molar-refractivity contribution in [3.05, 3.63) is 69.3 Å². The molecule has 0 atom stereocenters. The number of imide groups is 1. The van der Waals surface area contributed by atoms with Crippen LogP contribution in [0.4, 0.5) is 9.18 Å². The number of amides is 3. The fourth-order valence-corrected chi connectivity index (χ4v) is 4.88. The molecular formula is C20H16ClFN2O5S2. The molecule has 162 valence electrons. The van der Waals surface area contributed by atoms with E-state index < -0.39 is 32.7 Å². The number of halogens is 2. The average molecular weight is 483 g/mol. The second-order valence-electron chi connectivity index (χ2n) is 6.56. The van der Waals surface area contributed by atoms with Crippen LogP contribution in [0, 0.1) is 5.82 Å². The topological polar surface area (TPSA) is 101 Å². The zero-order valence-electron chi connectivity index (χ0n) is 16.1. The van der Waals surface area contributed by atoms with Crippen LogP contribution < -0.4 is 5.32 Å². The third-order valence-corrected chi connectivity index (χ3v) is 6.74. The highest BCUT2D eigenvalue weighted by atomic mass is 35.5. The van der Waals surface area contributed by atoms with Crippen LogP contribution >= 0.6 is 23.4 Å². The van der Waals surface area contributed by atoms with E-state index in [1.54, 1.807) is 0 Å². The molecule has 0 saturated carbocycles. The maximum absolute atomic E-state index is 13.0. The Kier molecular flexibility index (Phi) is 6.83. The van der Waals surface area contributed by atoms with Gasteiger partial charge in [-0.25, -0.2) is 12.8 Å². The number of carbonyl (C=O) groups excluding carboxylic acids is 3. The smallest absolute Gasteiger partial charge is 0.293 e. The summed E-state index contributed by atoms with van der Waals surface area (Å²) in [5, 5.41) is 2.06. The second kappa shape index (κ2) is 9.21. The minimum Gasteiger partial charge on any atom is -0.350 e. The predicted octanol–water partition coefficient (Wildman–Crippen LogP) is 3.35. The molecule has 2 aromatic rings.